The molecular formula is C23H32N4O6. The Balaban J connectivity index is 1.49. The Morgan fingerprint density at radius 2 is 1.67 bits per heavy atom. The molecule has 5 amide bonds. The second-order valence-electron chi connectivity index (χ2n) is 8.28. The molecule has 2 fully saturated rings. The zero-order valence-electron chi connectivity index (χ0n) is 18.8. The number of carboxylic acid groups (broad SMARTS) is 1. The molecule has 180 valence electrons. The molecule has 3 rings (SSSR count). The number of hydrogen-bond acceptors (Lipinski definition) is 6. The highest BCUT2D eigenvalue weighted by Crippen LogP contribution is 2.27. The van der Waals surface area contributed by atoms with Crippen LogP contribution < -0.4 is 15.4 Å². The van der Waals surface area contributed by atoms with Crippen molar-refractivity contribution in [3.05, 3.63) is 24.3 Å². The van der Waals surface area contributed by atoms with Crippen molar-refractivity contribution in [1.82, 2.24) is 9.80 Å². The first-order valence-electron chi connectivity index (χ1n) is 11.5. The van der Waals surface area contributed by atoms with Crippen LogP contribution in [0.2, 0.25) is 0 Å². The lowest BCUT2D eigenvalue weighted by atomic mass is 10.0. The maximum Gasteiger partial charge on any atom is 0.421 e. The number of rotatable bonds is 11. The van der Waals surface area contributed by atoms with Gasteiger partial charge in [-0.15, -0.1) is 0 Å². The number of urea groups is 1. The molecule has 1 aromatic rings. The van der Waals surface area contributed by atoms with Gasteiger partial charge in [-0.05, 0) is 50.1 Å². The van der Waals surface area contributed by atoms with E-state index >= 15 is 0 Å². The quantitative estimate of drug-likeness (QED) is 0.383. The minimum absolute atomic E-state index is 0.0910. The van der Waals surface area contributed by atoms with Crippen molar-refractivity contribution in [3.8, 4) is 5.75 Å². The van der Waals surface area contributed by atoms with Gasteiger partial charge in [-0.2, -0.15) is 4.90 Å². The first-order chi connectivity index (χ1) is 15.9. The molecule has 2 heterocycles. The van der Waals surface area contributed by atoms with E-state index in [4.69, 9.17) is 15.6 Å². The van der Waals surface area contributed by atoms with E-state index in [0.29, 0.717) is 18.8 Å². The summed E-state index contributed by atoms with van der Waals surface area (Å²) in [5.74, 6) is -0.894. The zero-order valence-corrected chi connectivity index (χ0v) is 18.8. The molecule has 3 N–H and O–H groups in total. The Morgan fingerprint density at radius 3 is 2.33 bits per heavy atom. The number of carbonyl (C=O) groups is 4. The third-order valence-corrected chi connectivity index (χ3v) is 6.01. The summed E-state index contributed by atoms with van der Waals surface area (Å²) in [7, 11) is 0. The van der Waals surface area contributed by atoms with Crippen molar-refractivity contribution in [3.63, 3.8) is 0 Å². The highest BCUT2D eigenvalue weighted by Gasteiger charge is 2.45. The Labute approximate surface area is 193 Å². The smallest absolute Gasteiger partial charge is 0.421 e. The van der Waals surface area contributed by atoms with Crippen LogP contribution in [0.5, 0.6) is 5.75 Å². The van der Waals surface area contributed by atoms with Gasteiger partial charge in [-0.3, -0.25) is 14.5 Å². The zero-order chi connectivity index (χ0) is 23.8. The number of anilines is 1. The Hall–Kier alpha value is -3.14. The Bertz CT molecular complexity index is 859. The molecule has 33 heavy (non-hydrogen) atoms. The molecule has 1 atom stereocenters. The fourth-order valence-electron chi connectivity index (χ4n) is 4.21. The van der Waals surface area contributed by atoms with Crippen LogP contribution >= 0.6 is 0 Å². The van der Waals surface area contributed by atoms with E-state index in [1.807, 2.05) is 12.1 Å². The number of likely N-dealkylation sites (tertiary alicyclic amines) is 1. The lowest BCUT2D eigenvalue weighted by Gasteiger charge is -2.32. The minimum atomic E-state index is -1.61. The Morgan fingerprint density at radius 1 is 1.00 bits per heavy atom. The van der Waals surface area contributed by atoms with Crippen molar-refractivity contribution in [2.24, 2.45) is 5.73 Å². The SMILES string of the molecule is NCCCCCCCCOc1ccc(N2CCN(C3CCC(=O)N(C(=O)O)C3=O)C2=O)cc1. The van der Waals surface area contributed by atoms with Crippen molar-refractivity contribution in [2.75, 3.05) is 31.1 Å². The van der Waals surface area contributed by atoms with Crippen LogP contribution in [-0.2, 0) is 9.59 Å². The van der Waals surface area contributed by atoms with E-state index in [1.165, 1.54) is 24.2 Å². The van der Waals surface area contributed by atoms with Gasteiger partial charge < -0.3 is 20.5 Å². The summed E-state index contributed by atoms with van der Waals surface area (Å²) in [6.07, 6.45) is 5.16. The van der Waals surface area contributed by atoms with E-state index < -0.39 is 23.9 Å². The van der Waals surface area contributed by atoms with Crippen molar-refractivity contribution < 1.29 is 29.0 Å². The average Bonchev–Trinajstić information content (AvgIpc) is 3.17. The van der Waals surface area contributed by atoms with E-state index in [-0.39, 0.29) is 30.3 Å². The average molecular weight is 461 g/mol. The van der Waals surface area contributed by atoms with Crippen LogP contribution in [0, 0.1) is 0 Å². The minimum Gasteiger partial charge on any atom is -0.494 e. The second kappa shape index (κ2) is 11.6. The number of nitrogens with two attached hydrogens (primary N) is 1. The Kier molecular flexibility index (Phi) is 8.65. The molecular weight excluding hydrogens is 428 g/mol. The molecule has 0 spiro atoms. The molecule has 2 aliphatic rings. The van der Waals surface area contributed by atoms with Crippen LogP contribution in [0.3, 0.4) is 0 Å². The number of hydrogen-bond donors (Lipinski definition) is 2. The van der Waals surface area contributed by atoms with Crippen LogP contribution in [0.25, 0.3) is 0 Å². The molecule has 1 unspecified atom stereocenters. The summed E-state index contributed by atoms with van der Waals surface area (Å²) >= 11 is 0. The number of benzene rings is 1. The van der Waals surface area contributed by atoms with Crippen molar-refractivity contribution >= 4 is 29.6 Å². The number of carbonyl (C=O) groups excluding carboxylic acids is 3. The number of nitrogens with zero attached hydrogens (tertiary/aromatic N) is 3. The molecule has 0 bridgehead atoms. The number of imide groups is 3. The van der Waals surface area contributed by atoms with Gasteiger partial charge in [0.2, 0.25) is 5.91 Å². The van der Waals surface area contributed by atoms with Crippen molar-refractivity contribution in [2.45, 2.75) is 57.4 Å². The first kappa shape index (κ1) is 24.5. The van der Waals surface area contributed by atoms with Crippen LogP contribution in [-0.4, -0.2) is 71.1 Å². The maximum atomic E-state index is 12.9. The van der Waals surface area contributed by atoms with E-state index in [1.54, 1.807) is 17.0 Å². The van der Waals surface area contributed by atoms with E-state index in [9.17, 15) is 19.2 Å². The highest BCUT2D eigenvalue weighted by molar-refractivity contribution is 6.12. The largest absolute Gasteiger partial charge is 0.494 e. The van der Waals surface area contributed by atoms with Gasteiger partial charge >= 0.3 is 12.1 Å². The van der Waals surface area contributed by atoms with Gasteiger partial charge in [0, 0.05) is 25.2 Å². The van der Waals surface area contributed by atoms with Gasteiger partial charge in [0.1, 0.15) is 11.8 Å². The van der Waals surface area contributed by atoms with E-state index in [0.717, 1.165) is 31.6 Å². The summed E-state index contributed by atoms with van der Waals surface area (Å²) in [6.45, 7) is 2.03. The third kappa shape index (κ3) is 6.01. The van der Waals surface area contributed by atoms with E-state index in [2.05, 4.69) is 0 Å². The molecule has 2 aliphatic heterocycles. The fourth-order valence-corrected chi connectivity index (χ4v) is 4.21. The predicted molar refractivity (Wildman–Crippen MR) is 121 cm³/mol. The molecule has 0 saturated carbocycles. The number of amides is 5. The summed E-state index contributed by atoms with van der Waals surface area (Å²) in [6, 6.07) is 5.87. The third-order valence-electron chi connectivity index (χ3n) is 6.01. The van der Waals surface area contributed by atoms with Crippen LogP contribution in [0.15, 0.2) is 24.3 Å². The van der Waals surface area contributed by atoms with Gasteiger partial charge in [0.15, 0.2) is 0 Å². The van der Waals surface area contributed by atoms with Crippen LogP contribution in [0.4, 0.5) is 15.3 Å². The summed E-state index contributed by atoms with van der Waals surface area (Å²) in [5.41, 5.74) is 6.16. The normalized spacial score (nSPS) is 18.9. The molecule has 0 aliphatic carbocycles. The maximum absolute atomic E-state index is 12.9. The molecule has 10 heteroatoms. The van der Waals surface area contributed by atoms with Crippen LogP contribution in [0.1, 0.15) is 51.4 Å². The predicted octanol–water partition coefficient (Wildman–Crippen LogP) is 2.80. The topological polar surface area (TPSA) is 133 Å². The molecule has 1 aromatic carbocycles. The monoisotopic (exact) mass is 460 g/mol. The molecule has 2 saturated heterocycles. The molecule has 0 aromatic heterocycles. The highest BCUT2D eigenvalue weighted by atomic mass is 16.5. The summed E-state index contributed by atoms with van der Waals surface area (Å²) < 4.78 is 5.78. The van der Waals surface area contributed by atoms with Crippen molar-refractivity contribution in [1.29, 1.82) is 0 Å². The summed E-state index contributed by atoms with van der Waals surface area (Å²) in [5, 5.41) is 9.15. The lowest BCUT2D eigenvalue weighted by molar-refractivity contribution is -0.148. The second-order valence-corrected chi connectivity index (χ2v) is 8.28. The fraction of sp³-hybridized carbons (Fsp3) is 0.565. The summed E-state index contributed by atoms with van der Waals surface area (Å²) in [4.78, 5) is 51.6. The van der Waals surface area contributed by atoms with Gasteiger partial charge in [0.25, 0.3) is 5.91 Å². The molecule has 10 nitrogen and oxygen atoms in total. The standard InChI is InChI=1S/C23H32N4O6/c24-13-5-3-1-2-4-6-16-33-18-9-7-17(8-10-18)25-14-15-26(22(25)30)19-11-12-20(28)27(21(19)29)23(31)32/h7-10,19H,1-6,11-16,24H2,(H,31,32). The number of ether oxygens (including phenoxy) is 1. The number of piperidine rings is 1. The van der Waals surface area contributed by atoms with Gasteiger partial charge in [-0.1, -0.05) is 25.7 Å². The van der Waals surface area contributed by atoms with Gasteiger partial charge in [0.05, 0.1) is 6.61 Å². The number of unbranched alkanes of at least 4 members (excludes halogenated alkanes) is 5. The molecule has 0 radical (unpaired) electrons. The van der Waals surface area contributed by atoms with Gasteiger partial charge in [-0.25, -0.2) is 9.59 Å². The first-order valence-corrected chi connectivity index (χ1v) is 11.5. The lowest BCUT2D eigenvalue weighted by Crippen LogP contribution is -2.56.